The van der Waals surface area contributed by atoms with E-state index < -0.39 is 0 Å². The van der Waals surface area contributed by atoms with E-state index in [9.17, 15) is 0 Å². The highest BCUT2D eigenvalue weighted by atomic mass is 32.2. The molecule has 10 rings (SSSR count). The van der Waals surface area contributed by atoms with Crippen molar-refractivity contribution in [1.29, 1.82) is 0 Å². The molecule has 0 fully saturated rings. The molecule has 4 aromatic heterocycles. The molecule has 1 spiro atoms. The number of nitrogens with zero attached hydrogens (tertiary/aromatic N) is 5. The number of benzene rings is 2. The van der Waals surface area contributed by atoms with Gasteiger partial charge in [0, 0.05) is 33.9 Å². The van der Waals surface area contributed by atoms with Crippen LogP contribution in [0.3, 0.4) is 0 Å². The summed E-state index contributed by atoms with van der Waals surface area (Å²) in [6.45, 7) is 0. The number of fused-ring (bicyclic) bond motifs is 3. The lowest BCUT2D eigenvalue weighted by Gasteiger charge is -2.33. The largest absolute Gasteiger partial charge is 0.444 e. The second kappa shape index (κ2) is 4.99. The molecule has 0 amide bonds. The highest BCUT2D eigenvalue weighted by molar-refractivity contribution is 7.99. The van der Waals surface area contributed by atoms with E-state index in [-0.39, 0.29) is 0 Å². The Morgan fingerprint density at radius 1 is 0.794 bits per heavy atom. The van der Waals surface area contributed by atoms with Crippen LogP contribution >= 0.6 is 11.8 Å². The van der Waals surface area contributed by atoms with Gasteiger partial charge in [-0.25, -0.2) is 0 Å². The first-order valence-corrected chi connectivity index (χ1v) is 12.1. The maximum atomic E-state index is 6.64. The fourth-order valence-electron chi connectivity index (χ4n) is 6.56. The summed E-state index contributed by atoms with van der Waals surface area (Å²) < 4.78 is 14.3. The van der Waals surface area contributed by atoms with Crippen molar-refractivity contribution in [2.24, 2.45) is 0 Å². The Morgan fingerprint density at radius 2 is 1.74 bits per heavy atom. The number of para-hydroxylation sites is 1. The molecule has 8 heterocycles. The van der Waals surface area contributed by atoms with Gasteiger partial charge in [-0.2, -0.15) is 4.57 Å². The van der Waals surface area contributed by atoms with E-state index in [0.29, 0.717) is 4.70 Å². The molecule has 156 valence electrons. The number of rotatable bonds is 0. The van der Waals surface area contributed by atoms with Crippen LogP contribution in [0.2, 0.25) is 0 Å². The minimum absolute atomic E-state index is 0.414. The first kappa shape index (κ1) is 16.4. The molecule has 1 unspecified atom stereocenters. The molecule has 4 aliphatic heterocycles. The summed E-state index contributed by atoms with van der Waals surface area (Å²) in [5.41, 5.74) is 8.27. The van der Waals surface area contributed by atoms with Crippen molar-refractivity contribution in [3.8, 4) is 28.4 Å². The minimum atomic E-state index is 0.414. The lowest BCUT2D eigenvalue weighted by molar-refractivity contribution is -1.02. The fourth-order valence-corrected chi connectivity index (χ4v) is 7.63. The number of pyridine rings is 3. The SMILES string of the molecule is c1cc2c3c(c1)-c1cccc[n+]1[N+]31c3c(ccc4c3-n3c5c(cncc5c5ccc[n+]1c53)S4)O2. The summed E-state index contributed by atoms with van der Waals surface area (Å²) in [4.78, 5) is 7.02. The van der Waals surface area contributed by atoms with Crippen LogP contribution in [-0.4, -0.2) is 9.55 Å². The highest BCUT2D eigenvalue weighted by Crippen LogP contribution is 2.62. The Labute approximate surface area is 197 Å². The van der Waals surface area contributed by atoms with Crippen LogP contribution in [0.25, 0.3) is 38.9 Å². The molecular formula is C27H14N5OS+3. The van der Waals surface area contributed by atoms with Crippen molar-refractivity contribution in [1.82, 2.24) is 14.3 Å². The minimum Gasteiger partial charge on any atom is -0.444 e. The van der Waals surface area contributed by atoms with Crippen LogP contribution in [0.15, 0.2) is 95.2 Å². The van der Waals surface area contributed by atoms with Gasteiger partial charge < -0.3 is 4.74 Å². The molecule has 6 aromatic rings. The first-order valence-electron chi connectivity index (χ1n) is 11.3. The van der Waals surface area contributed by atoms with Crippen molar-refractivity contribution >= 4 is 45.1 Å². The molecule has 34 heavy (non-hydrogen) atoms. The smallest absolute Gasteiger partial charge is 0.352 e. The third-order valence-electron chi connectivity index (χ3n) is 7.66. The quantitative estimate of drug-likeness (QED) is 0.233. The summed E-state index contributed by atoms with van der Waals surface area (Å²) >= 11 is 1.80. The third kappa shape index (κ3) is 1.44. The number of hydrogen-bond donors (Lipinski definition) is 0. The standard InChI is InChI=1S/C27H14N5OS/c1-2-11-29-18(7-1)16-5-3-8-19-25(16)32(29)26-20(33-19)9-10-21-24(26)31-23-17(13-28-14-22(23)34-21)15-6-4-12-30(32)27(15)31/h1-14H/q+3. The van der Waals surface area contributed by atoms with E-state index >= 15 is 0 Å². The zero-order chi connectivity index (χ0) is 21.8. The van der Waals surface area contributed by atoms with Gasteiger partial charge in [0.15, 0.2) is 17.5 Å². The molecule has 0 radical (unpaired) electrons. The fraction of sp³-hybridized carbons (Fsp3) is 0. The molecule has 7 heteroatoms. The maximum absolute atomic E-state index is 6.64. The van der Waals surface area contributed by atoms with Gasteiger partial charge in [-0.1, -0.05) is 17.8 Å². The van der Waals surface area contributed by atoms with Crippen LogP contribution in [0.5, 0.6) is 11.5 Å². The van der Waals surface area contributed by atoms with E-state index in [1.807, 2.05) is 12.4 Å². The van der Waals surface area contributed by atoms with Crippen molar-refractivity contribution in [3.63, 3.8) is 0 Å². The summed E-state index contributed by atoms with van der Waals surface area (Å²) in [7, 11) is 0. The molecule has 0 saturated heterocycles. The Hall–Kier alpha value is -4.20. The number of quaternary nitrogens is 1. The predicted octanol–water partition coefficient (Wildman–Crippen LogP) is 5.18. The van der Waals surface area contributed by atoms with Crippen LogP contribution in [-0.2, 0) is 0 Å². The molecule has 1 atom stereocenters. The number of aromatic nitrogens is 4. The van der Waals surface area contributed by atoms with Gasteiger partial charge in [-0.15, -0.1) is 0 Å². The van der Waals surface area contributed by atoms with Crippen molar-refractivity contribution in [2.45, 2.75) is 9.79 Å². The van der Waals surface area contributed by atoms with E-state index in [1.54, 1.807) is 11.8 Å². The summed E-state index contributed by atoms with van der Waals surface area (Å²) in [5, 5.41) is 2.39. The Balaban J connectivity index is 1.59. The predicted molar refractivity (Wildman–Crippen MR) is 127 cm³/mol. The van der Waals surface area contributed by atoms with Crippen molar-refractivity contribution in [3.05, 3.63) is 85.5 Å². The van der Waals surface area contributed by atoms with E-state index in [1.165, 1.54) is 48.7 Å². The van der Waals surface area contributed by atoms with Gasteiger partial charge in [-0.3, -0.25) is 4.98 Å². The monoisotopic (exact) mass is 456 g/mol. The molecule has 4 aliphatic rings. The molecule has 2 aromatic carbocycles. The lowest BCUT2D eigenvalue weighted by atomic mass is 10.1. The summed E-state index contributed by atoms with van der Waals surface area (Å²) in [6, 6.07) is 21.5. The van der Waals surface area contributed by atoms with Gasteiger partial charge >= 0.3 is 11.3 Å². The average Bonchev–Trinajstić information content (AvgIpc) is 3.38. The maximum Gasteiger partial charge on any atom is 0.352 e. The molecule has 6 nitrogen and oxygen atoms in total. The van der Waals surface area contributed by atoms with Crippen molar-refractivity contribution < 1.29 is 14.1 Å². The lowest BCUT2D eigenvalue weighted by Crippen LogP contribution is -2.84. The van der Waals surface area contributed by atoms with E-state index in [2.05, 4.69) is 92.0 Å². The topological polar surface area (TPSA) is 34.8 Å². The Morgan fingerprint density at radius 3 is 2.74 bits per heavy atom. The Kier molecular flexibility index (Phi) is 2.41. The van der Waals surface area contributed by atoms with Crippen LogP contribution in [0.1, 0.15) is 0 Å². The molecule has 0 aliphatic carbocycles. The molecular weight excluding hydrogens is 442 g/mol. The van der Waals surface area contributed by atoms with E-state index in [4.69, 9.17) is 4.74 Å². The van der Waals surface area contributed by atoms with Gasteiger partial charge in [0.2, 0.25) is 17.6 Å². The van der Waals surface area contributed by atoms with Gasteiger partial charge in [0.1, 0.15) is 10.3 Å². The summed E-state index contributed by atoms with van der Waals surface area (Å²) in [6.07, 6.45) is 8.40. The number of hydrogen-bond acceptors (Lipinski definition) is 3. The van der Waals surface area contributed by atoms with Crippen LogP contribution in [0, 0.1) is 0 Å². The van der Waals surface area contributed by atoms with Gasteiger partial charge in [0.05, 0.1) is 20.6 Å². The third-order valence-corrected chi connectivity index (χ3v) is 8.73. The summed E-state index contributed by atoms with van der Waals surface area (Å²) in [5.74, 6) is 1.79. The van der Waals surface area contributed by atoms with Crippen LogP contribution < -0.4 is 18.8 Å². The second-order valence-corrected chi connectivity index (χ2v) is 10.2. The van der Waals surface area contributed by atoms with Gasteiger partial charge in [-0.05, 0) is 42.5 Å². The molecule has 0 saturated carbocycles. The van der Waals surface area contributed by atoms with Crippen LogP contribution in [0.4, 0.5) is 11.4 Å². The van der Waals surface area contributed by atoms with Crippen molar-refractivity contribution in [2.75, 3.05) is 0 Å². The highest BCUT2D eigenvalue weighted by Gasteiger charge is 2.70. The zero-order valence-corrected chi connectivity index (χ0v) is 18.5. The number of ether oxygens (including phenoxy) is 1. The second-order valence-electron chi connectivity index (χ2n) is 9.11. The Bertz CT molecular complexity index is 1990. The normalized spacial score (nSPS) is 18.8. The average molecular weight is 457 g/mol. The first-order chi connectivity index (χ1) is 16.9. The molecule has 0 N–H and O–H groups in total. The van der Waals surface area contributed by atoms with Gasteiger partial charge in [0.25, 0.3) is 11.4 Å². The van der Waals surface area contributed by atoms with E-state index in [0.717, 1.165) is 22.9 Å². The molecule has 0 bridgehead atoms. The zero-order valence-electron chi connectivity index (χ0n) is 17.6.